The van der Waals surface area contributed by atoms with Crippen LogP contribution in [0.3, 0.4) is 0 Å². The highest BCUT2D eigenvalue weighted by molar-refractivity contribution is 5.79. The van der Waals surface area contributed by atoms with Crippen molar-refractivity contribution in [2.75, 3.05) is 39.8 Å². The van der Waals surface area contributed by atoms with Gasteiger partial charge in [-0.15, -0.1) is 0 Å². The van der Waals surface area contributed by atoms with Crippen molar-refractivity contribution >= 4 is 17.9 Å². The standard InChI is InChI=1S/C23H43N3O4/c1-7-14-25(15-8-2)20(27)12-9-13-21(28)26-16-10-11-19(18-26)17-24(6)22(29)30-23(3,4)5/h19H,7-18H2,1-6H3. The van der Waals surface area contributed by atoms with Crippen LogP contribution in [0.2, 0.25) is 0 Å². The van der Waals surface area contributed by atoms with Crippen molar-refractivity contribution in [2.45, 2.75) is 85.2 Å². The first kappa shape index (κ1) is 26.2. The molecular formula is C23H43N3O4. The maximum absolute atomic E-state index is 12.6. The van der Waals surface area contributed by atoms with Gasteiger partial charge in [-0.05, 0) is 58.8 Å². The van der Waals surface area contributed by atoms with E-state index in [2.05, 4.69) is 13.8 Å². The molecule has 1 aliphatic rings. The molecule has 30 heavy (non-hydrogen) atoms. The number of likely N-dealkylation sites (tertiary alicyclic amines) is 1. The van der Waals surface area contributed by atoms with Crippen molar-refractivity contribution in [3.63, 3.8) is 0 Å². The summed E-state index contributed by atoms with van der Waals surface area (Å²) in [6.45, 7) is 13.3. The van der Waals surface area contributed by atoms with Crippen LogP contribution in [0.15, 0.2) is 0 Å². The number of ether oxygens (including phenoxy) is 1. The number of carbonyl (C=O) groups excluding carboxylic acids is 3. The smallest absolute Gasteiger partial charge is 0.410 e. The average molecular weight is 426 g/mol. The van der Waals surface area contributed by atoms with Gasteiger partial charge < -0.3 is 19.4 Å². The highest BCUT2D eigenvalue weighted by Crippen LogP contribution is 2.20. The molecule has 0 spiro atoms. The Morgan fingerprint density at radius 1 is 1.07 bits per heavy atom. The normalized spacial score (nSPS) is 16.9. The quantitative estimate of drug-likeness (QED) is 0.532. The van der Waals surface area contributed by atoms with Crippen molar-refractivity contribution in [1.82, 2.24) is 14.7 Å². The maximum atomic E-state index is 12.6. The predicted molar refractivity (Wildman–Crippen MR) is 119 cm³/mol. The molecule has 1 heterocycles. The van der Waals surface area contributed by atoms with Gasteiger partial charge in [0.1, 0.15) is 5.60 Å². The van der Waals surface area contributed by atoms with Crippen LogP contribution in [0.5, 0.6) is 0 Å². The third-order valence-corrected chi connectivity index (χ3v) is 5.23. The van der Waals surface area contributed by atoms with Crippen LogP contribution in [0, 0.1) is 5.92 Å². The molecule has 0 saturated carbocycles. The first-order valence-electron chi connectivity index (χ1n) is 11.6. The summed E-state index contributed by atoms with van der Waals surface area (Å²) in [6, 6.07) is 0. The fraction of sp³-hybridized carbons (Fsp3) is 0.870. The lowest BCUT2D eigenvalue weighted by molar-refractivity contribution is -0.134. The molecule has 1 atom stereocenters. The van der Waals surface area contributed by atoms with Crippen LogP contribution in [-0.2, 0) is 14.3 Å². The fourth-order valence-corrected chi connectivity index (χ4v) is 3.85. The lowest BCUT2D eigenvalue weighted by atomic mass is 9.97. The van der Waals surface area contributed by atoms with Gasteiger partial charge in [-0.1, -0.05) is 13.8 Å². The summed E-state index contributed by atoms with van der Waals surface area (Å²) >= 11 is 0. The Balaban J connectivity index is 2.43. The zero-order chi connectivity index (χ0) is 22.7. The molecule has 0 aromatic rings. The summed E-state index contributed by atoms with van der Waals surface area (Å²) in [5, 5.41) is 0. The topological polar surface area (TPSA) is 70.2 Å². The molecule has 0 bridgehead atoms. The monoisotopic (exact) mass is 425 g/mol. The number of rotatable bonds is 10. The number of carbonyl (C=O) groups is 3. The summed E-state index contributed by atoms with van der Waals surface area (Å²) in [5.41, 5.74) is -0.513. The van der Waals surface area contributed by atoms with Crippen LogP contribution in [0.4, 0.5) is 4.79 Å². The summed E-state index contributed by atoms with van der Waals surface area (Å²) in [5.74, 6) is 0.526. The summed E-state index contributed by atoms with van der Waals surface area (Å²) in [6.07, 6.45) is 4.97. The van der Waals surface area contributed by atoms with Gasteiger partial charge in [0.2, 0.25) is 11.8 Å². The van der Waals surface area contributed by atoms with Gasteiger partial charge in [0.15, 0.2) is 0 Å². The van der Waals surface area contributed by atoms with Gasteiger partial charge in [-0.25, -0.2) is 4.79 Å². The summed E-state index contributed by atoms with van der Waals surface area (Å²) in [7, 11) is 1.75. The number of piperidine rings is 1. The Bertz CT molecular complexity index is 553. The number of amides is 3. The lowest BCUT2D eigenvalue weighted by Crippen LogP contribution is -2.45. The van der Waals surface area contributed by atoms with E-state index in [1.165, 1.54) is 0 Å². The average Bonchev–Trinajstić information content (AvgIpc) is 2.66. The van der Waals surface area contributed by atoms with Crippen LogP contribution in [0.1, 0.15) is 79.6 Å². The van der Waals surface area contributed by atoms with Crippen LogP contribution in [-0.4, -0.2) is 78.0 Å². The maximum Gasteiger partial charge on any atom is 0.410 e. The molecule has 174 valence electrons. The molecule has 7 nitrogen and oxygen atoms in total. The van der Waals surface area contributed by atoms with E-state index < -0.39 is 5.60 Å². The van der Waals surface area contributed by atoms with Gasteiger partial charge in [-0.2, -0.15) is 0 Å². The number of hydrogen-bond donors (Lipinski definition) is 0. The largest absolute Gasteiger partial charge is 0.444 e. The zero-order valence-electron chi connectivity index (χ0n) is 20.0. The van der Waals surface area contributed by atoms with Gasteiger partial charge in [0, 0.05) is 52.6 Å². The van der Waals surface area contributed by atoms with E-state index in [4.69, 9.17) is 4.74 Å². The molecule has 0 radical (unpaired) electrons. The van der Waals surface area contributed by atoms with Gasteiger partial charge in [0.05, 0.1) is 0 Å². The number of hydrogen-bond acceptors (Lipinski definition) is 4. The van der Waals surface area contributed by atoms with E-state index >= 15 is 0 Å². The van der Waals surface area contributed by atoms with Gasteiger partial charge >= 0.3 is 6.09 Å². The minimum atomic E-state index is -0.513. The highest BCUT2D eigenvalue weighted by atomic mass is 16.6. The fourth-order valence-electron chi connectivity index (χ4n) is 3.85. The van der Waals surface area contributed by atoms with E-state index in [1.54, 1.807) is 11.9 Å². The summed E-state index contributed by atoms with van der Waals surface area (Å²) in [4.78, 5) is 42.6. The second-order valence-electron chi connectivity index (χ2n) is 9.44. The lowest BCUT2D eigenvalue weighted by Gasteiger charge is -2.35. The van der Waals surface area contributed by atoms with Crippen LogP contribution < -0.4 is 0 Å². The molecule has 1 unspecified atom stereocenters. The molecule has 0 N–H and O–H groups in total. The second kappa shape index (κ2) is 12.8. The van der Waals surface area contributed by atoms with Crippen molar-refractivity contribution in [3.05, 3.63) is 0 Å². The molecule has 1 saturated heterocycles. The Morgan fingerprint density at radius 3 is 2.27 bits per heavy atom. The third-order valence-electron chi connectivity index (χ3n) is 5.23. The molecule has 0 aromatic carbocycles. The van der Waals surface area contributed by atoms with Crippen LogP contribution >= 0.6 is 0 Å². The SMILES string of the molecule is CCCN(CCC)C(=O)CCCC(=O)N1CCCC(CN(C)C(=O)OC(C)(C)C)C1. The molecular weight excluding hydrogens is 382 g/mol. The van der Waals surface area contributed by atoms with Crippen molar-refractivity contribution in [3.8, 4) is 0 Å². The van der Waals surface area contributed by atoms with E-state index in [0.717, 1.165) is 45.3 Å². The summed E-state index contributed by atoms with van der Waals surface area (Å²) < 4.78 is 5.42. The van der Waals surface area contributed by atoms with Crippen molar-refractivity contribution in [2.24, 2.45) is 5.92 Å². The third kappa shape index (κ3) is 9.81. The zero-order valence-corrected chi connectivity index (χ0v) is 20.0. The molecule has 1 fully saturated rings. The Morgan fingerprint density at radius 2 is 1.70 bits per heavy atom. The highest BCUT2D eigenvalue weighted by Gasteiger charge is 2.27. The van der Waals surface area contributed by atoms with Crippen molar-refractivity contribution < 1.29 is 19.1 Å². The predicted octanol–water partition coefficient (Wildman–Crippen LogP) is 3.91. The molecule has 3 amide bonds. The van der Waals surface area contributed by atoms with Gasteiger partial charge in [0.25, 0.3) is 0 Å². The Kier molecular flexibility index (Phi) is 11.2. The molecule has 7 heteroatoms. The second-order valence-corrected chi connectivity index (χ2v) is 9.44. The minimum absolute atomic E-state index is 0.116. The van der Waals surface area contributed by atoms with E-state index in [-0.39, 0.29) is 23.8 Å². The van der Waals surface area contributed by atoms with E-state index in [0.29, 0.717) is 32.4 Å². The first-order chi connectivity index (χ1) is 14.1. The molecule has 0 aliphatic carbocycles. The van der Waals surface area contributed by atoms with Crippen molar-refractivity contribution in [1.29, 1.82) is 0 Å². The first-order valence-corrected chi connectivity index (χ1v) is 11.6. The van der Waals surface area contributed by atoms with E-state index in [1.807, 2.05) is 30.6 Å². The van der Waals surface area contributed by atoms with Crippen LogP contribution in [0.25, 0.3) is 0 Å². The van der Waals surface area contributed by atoms with E-state index in [9.17, 15) is 14.4 Å². The molecule has 1 rings (SSSR count). The Labute approximate surface area is 183 Å². The Hall–Kier alpha value is -1.79. The minimum Gasteiger partial charge on any atom is -0.444 e. The molecule has 0 aromatic heterocycles. The molecule has 1 aliphatic heterocycles. The number of nitrogens with zero attached hydrogens (tertiary/aromatic N) is 3. The van der Waals surface area contributed by atoms with Gasteiger partial charge in [-0.3, -0.25) is 9.59 Å².